The van der Waals surface area contributed by atoms with Gasteiger partial charge in [-0.1, -0.05) is 13.8 Å². The first-order chi connectivity index (χ1) is 9.26. The van der Waals surface area contributed by atoms with Crippen LogP contribution in [0, 0.1) is 5.92 Å². The molecule has 0 bridgehead atoms. The van der Waals surface area contributed by atoms with Crippen molar-refractivity contribution in [2.45, 2.75) is 53.2 Å². The number of fused-ring (bicyclic) bond motifs is 1. The summed E-state index contributed by atoms with van der Waals surface area (Å²) in [5.74, 6) is 0.508. The highest BCUT2D eigenvalue weighted by atomic mass is 32.1. The first-order valence-electron chi connectivity index (χ1n) is 7.31. The van der Waals surface area contributed by atoms with Crippen LogP contribution in [0.15, 0.2) is 5.38 Å². The highest BCUT2D eigenvalue weighted by Crippen LogP contribution is 2.30. The summed E-state index contributed by atoms with van der Waals surface area (Å²) in [6, 6.07) is 0. The van der Waals surface area contributed by atoms with Crippen LogP contribution in [-0.4, -0.2) is 29.6 Å². The summed E-state index contributed by atoms with van der Waals surface area (Å²) in [6.07, 6.45) is 0.958. The standard InChI is InChI=1S/C16H25NO2S/c1-11(2)8-17-7-6-12-13(10-20-14(12)9-17)15(18)19-16(3,4)5/h10-11H,6-9H2,1-5H3. The minimum absolute atomic E-state index is 0.174. The summed E-state index contributed by atoms with van der Waals surface area (Å²) in [6.45, 7) is 13.4. The molecule has 0 atom stereocenters. The summed E-state index contributed by atoms with van der Waals surface area (Å²) < 4.78 is 5.49. The minimum Gasteiger partial charge on any atom is -0.456 e. The average molecular weight is 295 g/mol. The van der Waals surface area contributed by atoms with Gasteiger partial charge in [0.2, 0.25) is 0 Å². The molecule has 0 unspecified atom stereocenters. The molecule has 1 aromatic rings. The maximum absolute atomic E-state index is 12.2. The number of rotatable bonds is 3. The van der Waals surface area contributed by atoms with Crippen LogP contribution in [0.1, 0.15) is 55.4 Å². The lowest BCUT2D eigenvalue weighted by Crippen LogP contribution is -2.33. The van der Waals surface area contributed by atoms with E-state index < -0.39 is 5.60 Å². The molecule has 0 spiro atoms. The molecule has 1 aliphatic heterocycles. The van der Waals surface area contributed by atoms with Crippen molar-refractivity contribution in [3.05, 3.63) is 21.4 Å². The first kappa shape index (κ1) is 15.5. The molecule has 0 fully saturated rings. The van der Waals surface area contributed by atoms with Gasteiger partial charge in [0.05, 0.1) is 5.56 Å². The van der Waals surface area contributed by atoms with Crippen LogP contribution >= 0.6 is 11.3 Å². The summed E-state index contributed by atoms with van der Waals surface area (Å²) in [7, 11) is 0. The monoisotopic (exact) mass is 295 g/mol. The Morgan fingerprint density at radius 2 is 2.15 bits per heavy atom. The van der Waals surface area contributed by atoms with Crippen LogP contribution in [0.3, 0.4) is 0 Å². The lowest BCUT2D eigenvalue weighted by molar-refractivity contribution is 0.00683. The average Bonchev–Trinajstić information content (AvgIpc) is 2.68. The maximum Gasteiger partial charge on any atom is 0.339 e. The van der Waals surface area contributed by atoms with Crippen LogP contribution in [0.2, 0.25) is 0 Å². The minimum atomic E-state index is -0.426. The van der Waals surface area contributed by atoms with E-state index in [-0.39, 0.29) is 5.97 Å². The van der Waals surface area contributed by atoms with E-state index in [1.165, 1.54) is 10.4 Å². The zero-order chi connectivity index (χ0) is 14.9. The van der Waals surface area contributed by atoms with Gasteiger partial charge in [-0.2, -0.15) is 0 Å². The third-order valence-electron chi connectivity index (χ3n) is 3.27. The van der Waals surface area contributed by atoms with Crippen molar-refractivity contribution in [3.63, 3.8) is 0 Å². The maximum atomic E-state index is 12.2. The Labute approximate surface area is 125 Å². The van der Waals surface area contributed by atoms with Gasteiger partial charge in [0, 0.05) is 29.9 Å². The zero-order valence-corrected chi connectivity index (χ0v) is 14.0. The van der Waals surface area contributed by atoms with E-state index in [1.54, 1.807) is 11.3 Å². The Kier molecular flexibility index (Phi) is 4.55. The normalized spacial score (nSPS) is 16.3. The number of carbonyl (C=O) groups excluding carboxylic acids is 1. The summed E-state index contributed by atoms with van der Waals surface area (Å²) >= 11 is 1.69. The van der Waals surface area contributed by atoms with Crippen molar-refractivity contribution < 1.29 is 9.53 Å². The fourth-order valence-electron chi connectivity index (χ4n) is 2.56. The molecule has 0 aliphatic carbocycles. The van der Waals surface area contributed by atoms with E-state index >= 15 is 0 Å². The van der Waals surface area contributed by atoms with Gasteiger partial charge in [0.15, 0.2) is 0 Å². The molecule has 1 aliphatic rings. The van der Waals surface area contributed by atoms with Gasteiger partial charge in [0.25, 0.3) is 0 Å². The van der Waals surface area contributed by atoms with Crippen molar-refractivity contribution >= 4 is 17.3 Å². The van der Waals surface area contributed by atoms with E-state index in [0.717, 1.165) is 31.6 Å². The van der Waals surface area contributed by atoms with Crippen molar-refractivity contribution in [1.82, 2.24) is 4.90 Å². The second-order valence-electron chi connectivity index (χ2n) is 6.93. The molecule has 3 nitrogen and oxygen atoms in total. The number of esters is 1. The smallest absolute Gasteiger partial charge is 0.339 e. The molecule has 0 amide bonds. The molecule has 0 aromatic carbocycles. The number of hydrogen-bond donors (Lipinski definition) is 0. The van der Waals surface area contributed by atoms with E-state index in [4.69, 9.17) is 4.74 Å². The molecule has 1 aromatic heterocycles. The Hall–Kier alpha value is -0.870. The first-order valence-corrected chi connectivity index (χ1v) is 8.19. The number of hydrogen-bond acceptors (Lipinski definition) is 4. The molecular formula is C16H25NO2S. The molecule has 20 heavy (non-hydrogen) atoms. The zero-order valence-electron chi connectivity index (χ0n) is 13.2. The van der Waals surface area contributed by atoms with Gasteiger partial charge in [-0.3, -0.25) is 4.90 Å². The van der Waals surface area contributed by atoms with Crippen molar-refractivity contribution in [2.75, 3.05) is 13.1 Å². The lowest BCUT2D eigenvalue weighted by atomic mass is 10.0. The van der Waals surface area contributed by atoms with Gasteiger partial charge in [-0.25, -0.2) is 4.79 Å². The van der Waals surface area contributed by atoms with E-state index in [1.807, 2.05) is 26.2 Å². The Morgan fingerprint density at radius 3 is 2.75 bits per heavy atom. The van der Waals surface area contributed by atoms with Crippen LogP contribution in [0.25, 0.3) is 0 Å². The summed E-state index contributed by atoms with van der Waals surface area (Å²) in [5.41, 5.74) is 1.57. The largest absolute Gasteiger partial charge is 0.456 e. The predicted octanol–water partition coefficient (Wildman–Crippen LogP) is 3.72. The molecular weight excluding hydrogens is 270 g/mol. The van der Waals surface area contributed by atoms with Crippen LogP contribution in [-0.2, 0) is 17.7 Å². The molecule has 112 valence electrons. The highest BCUT2D eigenvalue weighted by molar-refractivity contribution is 7.10. The van der Waals surface area contributed by atoms with Crippen molar-refractivity contribution in [2.24, 2.45) is 5.92 Å². The topological polar surface area (TPSA) is 29.5 Å². The summed E-state index contributed by atoms with van der Waals surface area (Å²) in [5, 5.41) is 1.97. The molecule has 0 N–H and O–H groups in total. The van der Waals surface area contributed by atoms with Crippen molar-refractivity contribution in [3.8, 4) is 0 Å². The van der Waals surface area contributed by atoms with Crippen molar-refractivity contribution in [1.29, 1.82) is 0 Å². The predicted molar refractivity (Wildman–Crippen MR) is 83.3 cm³/mol. The number of nitrogens with zero attached hydrogens (tertiary/aromatic N) is 1. The third kappa shape index (κ3) is 3.83. The van der Waals surface area contributed by atoms with Crippen LogP contribution in [0.4, 0.5) is 0 Å². The highest BCUT2D eigenvalue weighted by Gasteiger charge is 2.26. The fraction of sp³-hybridized carbons (Fsp3) is 0.688. The third-order valence-corrected chi connectivity index (χ3v) is 4.28. The Bertz CT molecular complexity index is 485. The lowest BCUT2D eigenvalue weighted by Gasteiger charge is -2.28. The van der Waals surface area contributed by atoms with Gasteiger partial charge in [0.1, 0.15) is 5.60 Å². The van der Waals surface area contributed by atoms with E-state index in [2.05, 4.69) is 18.7 Å². The van der Waals surface area contributed by atoms with Crippen LogP contribution in [0.5, 0.6) is 0 Å². The second kappa shape index (κ2) is 5.86. The molecule has 0 radical (unpaired) electrons. The second-order valence-corrected chi connectivity index (χ2v) is 7.90. The summed E-state index contributed by atoms with van der Waals surface area (Å²) in [4.78, 5) is 16.0. The van der Waals surface area contributed by atoms with Crippen LogP contribution < -0.4 is 0 Å². The van der Waals surface area contributed by atoms with Gasteiger partial charge < -0.3 is 4.74 Å². The number of ether oxygens (including phenoxy) is 1. The van der Waals surface area contributed by atoms with Gasteiger partial charge >= 0.3 is 5.97 Å². The molecule has 0 saturated heterocycles. The Balaban J connectivity index is 2.10. The molecule has 2 heterocycles. The molecule has 0 saturated carbocycles. The van der Waals surface area contributed by atoms with E-state index in [9.17, 15) is 4.79 Å². The number of thiophene rings is 1. The van der Waals surface area contributed by atoms with Gasteiger partial charge in [-0.15, -0.1) is 11.3 Å². The molecule has 4 heteroatoms. The SMILES string of the molecule is CC(C)CN1CCc2c(C(=O)OC(C)(C)C)csc2C1. The molecule has 2 rings (SSSR count). The quantitative estimate of drug-likeness (QED) is 0.796. The van der Waals surface area contributed by atoms with E-state index in [0.29, 0.717) is 5.92 Å². The fourth-order valence-corrected chi connectivity index (χ4v) is 3.67. The van der Waals surface area contributed by atoms with Gasteiger partial charge in [-0.05, 0) is 38.7 Å². The Morgan fingerprint density at radius 1 is 1.45 bits per heavy atom. The number of carbonyl (C=O) groups is 1.